The Hall–Kier alpha value is -3.43. The number of hydrogen-bond acceptors (Lipinski definition) is 34. The summed E-state index contributed by atoms with van der Waals surface area (Å²) in [5, 5.41) is 182. The van der Waals surface area contributed by atoms with E-state index in [-0.39, 0.29) is 0 Å². The lowest BCUT2D eigenvalue weighted by molar-refractivity contribution is -0.387. The molecular formula is C37H59NO38S2. The molecule has 0 unspecified atom stereocenters. The Morgan fingerprint density at radius 3 is 1.54 bits per heavy atom. The molecule has 0 bridgehead atoms. The second-order valence-electron chi connectivity index (χ2n) is 17.6. The monoisotopic (exact) mass is 1190 g/mol. The van der Waals surface area contributed by atoms with Gasteiger partial charge in [-0.05, 0) is 0 Å². The van der Waals surface area contributed by atoms with E-state index in [1.165, 1.54) is 0 Å². The summed E-state index contributed by atoms with van der Waals surface area (Å²) in [5.41, 5.74) is 0. The van der Waals surface area contributed by atoms with E-state index in [0.29, 0.717) is 0 Å². The van der Waals surface area contributed by atoms with Gasteiger partial charge < -0.3 is 139 Å². The standard InChI is InChI=1S/C37H59NO38S2/c1-7(42)38-13-25(71-34-21(51)18(48)19(49)29(75-34)31(55)56)15(45)10(4-41)67-33(13)74-28-20(50)22(52)35(76-30(28)32(57)58)72-27-17(47)12(6-66-78(62,63)64)70-37(24(27)54)73-26-16(46)11(5-65-77(59,60)61)69-36(23(26)53)68-9(3-40)14(44)8(43)2-39/h8-18,20-28,30,33-37,39-41,43-54H,2-6H2,1H3,(H,38,42)(H,55,56)(H,57,58)(H,59,60,61)(H,62,63,64)/t8-,9+,10+,11+,12+,13+,14+,15-,16-,17-,18-,20+,21+,22+,23+,24+,25+,26-,27-,28-,30-,33-,34+,35+,36+,37-/m0/s1. The Kier molecular flexibility index (Phi) is 22.7. The maximum absolute atomic E-state index is 12.8. The number of carboxylic acids is 2. The lowest BCUT2D eigenvalue weighted by Gasteiger charge is -2.49. The Balaban J connectivity index is 1.44. The highest BCUT2D eigenvalue weighted by Crippen LogP contribution is 2.37. The maximum atomic E-state index is 12.8. The van der Waals surface area contributed by atoms with Gasteiger partial charge in [0, 0.05) is 6.92 Å². The van der Waals surface area contributed by atoms with Gasteiger partial charge in [-0.2, -0.15) is 16.8 Å². The van der Waals surface area contributed by atoms with Crippen LogP contribution in [0, 0.1) is 0 Å². The van der Waals surface area contributed by atoms with Crippen LogP contribution < -0.4 is 5.32 Å². The van der Waals surface area contributed by atoms with Crippen molar-refractivity contribution in [3.8, 4) is 0 Å². The molecule has 78 heavy (non-hydrogen) atoms. The molecule has 4 fully saturated rings. The summed E-state index contributed by atoms with van der Waals surface area (Å²) >= 11 is 0. The van der Waals surface area contributed by atoms with Crippen molar-refractivity contribution < 1.29 is 183 Å². The van der Waals surface area contributed by atoms with Crippen molar-refractivity contribution in [3.05, 3.63) is 11.5 Å². The van der Waals surface area contributed by atoms with E-state index in [1.807, 2.05) is 0 Å². The first-order valence-corrected chi connectivity index (χ1v) is 25.3. The first-order valence-electron chi connectivity index (χ1n) is 22.5. The summed E-state index contributed by atoms with van der Waals surface area (Å²) in [4.78, 5) is 37.0. The fourth-order valence-electron chi connectivity index (χ4n) is 8.30. The summed E-state index contributed by atoms with van der Waals surface area (Å²) in [5.74, 6) is -7.82. The van der Waals surface area contributed by atoms with Crippen molar-refractivity contribution in [1.82, 2.24) is 5.32 Å². The van der Waals surface area contributed by atoms with Crippen molar-refractivity contribution >= 4 is 38.6 Å². The molecule has 452 valence electrons. The van der Waals surface area contributed by atoms with Crippen LogP contribution >= 0.6 is 0 Å². The van der Waals surface area contributed by atoms with Crippen LogP contribution in [0.3, 0.4) is 0 Å². The van der Waals surface area contributed by atoms with E-state index >= 15 is 0 Å². The Labute approximate surface area is 437 Å². The number of amides is 1. The third-order valence-corrected chi connectivity index (χ3v) is 13.1. The topological polar surface area (TPSA) is 627 Å². The van der Waals surface area contributed by atoms with Crippen LogP contribution in [0.15, 0.2) is 11.5 Å². The molecule has 1 amide bonds. The third-order valence-electron chi connectivity index (χ3n) is 12.2. The summed E-state index contributed by atoms with van der Waals surface area (Å²) in [6.07, 6.45) is -58.6. The van der Waals surface area contributed by atoms with Gasteiger partial charge in [-0.15, -0.1) is 0 Å². The maximum Gasteiger partial charge on any atom is 0.397 e. The number of ether oxygens (including phenoxy) is 10. The Morgan fingerprint density at radius 1 is 0.590 bits per heavy atom. The summed E-state index contributed by atoms with van der Waals surface area (Å²) < 4.78 is 127. The van der Waals surface area contributed by atoms with E-state index in [2.05, 4.69) is 13.7 Å². The van der Waals surface area contributed by atoms with Gasteiger partial charge in [0.2, 0.25) is 18.0 Å². The highest BCUT2D eigenvalue weighted by atomic mass is 32.3. The molecule has 0 radical (unpaired) electrons. The zero-order chi connectivity index (χ0) is 58.6. The molecule has 0 aromatic heterocycles. The minimum absolute atomic E-state index is 0.864. The molecule has 5 rings (SSSR count). The van der Waals surface area contributed by atoms with E-state index in [1.54, 1.807) is 0 Å². The van der Waals surface area contributed by atoms with Crippen molar-refractivity contribution in [2.45, 2.75) is 166 Å². The van der Waals surface area contributed by atoms with Gasteiger partial charge in [0.1, 0.15) is 122 Å². The average Bonchev–Trinajstić information content (AvgIpc) is 3.38. The number of nitrogens with one attached hydrogen (secondary N) is 1. The molecule has 0 spiro atoms. The highest BCUT2D eigenvalue weighted by molar-refractivity contribution is 7.81. The Morgan fingerprint density at radius 2 is 1.06 bits per heavy atom. The minimum atomic E-state index is -5.43. The second kappa shape index (κ2) is 27.1. The van der Waals surface area contributed by atoms with Gasteiger partial charge in [-0.25, -0.2) is 18.0 Å². The molecular weight excluding hydrogens is 1130 g/mol. The molecule has 5 heterocycles. The lowest BCUT2D eigenvalue weighted by Crippen LogP contribution is -2.70. The molecule has 4 saturated heterocycles. The molecule has 0 aromatic carbocycles. The number of aliphatic hydroxyl groups is 15. The molecule has 5 aliphatic heterocycles. The second-order valence-corrected chi connectivity index (χ2v) is 19.8. The number of aliphatic carboxylic acids is 2. The molecule has 5 aliphatic rings. The largest absolute Gasteiger partial charge is 0.506 e. The van der Waals surface area contributed by atoms with Gasteiger partial charge in [-0.3, -0.25) is 13.9 Å². The van der Waals surface area contributed by atoms with Crippen LogP contribution in [0.1, 0.15) is 6.92 Å². The normalized spacial score (nSPS) is 41.1. The van der Waals surface area contributed by atoms with Crippen molar-refractivity contribution in [2.75, 3.05) is 33.0 Å². The van der Waals surface area contributed by atoms with E-state index in [4.69, 9.17) is 47.4 Å². The van der Waals surface area contributed by atoms with Crippen LogP contribution in [0.2, 0.25) is 0 Å². The zero-order valence-corrected chi connectivity index (χ0v) is 41.2. The molecule has 20 N–H and O–H groups in total. The number of carbonyl (C=O) groups is 3. The third kappa shape index (κ3) is 15.6. The number of hydrogen-bond donors (Lipinski definition) is 20. The van der Waals surface area contributed by atoms with Crippen LogP contribution in [0.4, 0.5) is 0 Å². The molecule has 0 saturated carbocycles. The molecule has 0 aromatic rings. The van der Waals surface area contributed by atoms with Crippen LogP contribution in [0.25, 0.3) is 0 Å². The van der Waals surface area contributed by atoms with Crippen LogP contribution in [-0.2, 0) is 90.9 Å². The smallest absolute Gasteiger partial charge is 0.397 e. The van der Waals surface area contributed by atoms with Crippen LogP contribution in [0.5, 0.6) is 0 Å². The first-order chi connectivity index (χ1) is 36.2. The summed E-state index contributed by atoms with van der Waals surface area (Å²) in [7, 11) is -10.8. The predicted molar refractivity (Wildman–Crippen MR) is 229 cm³/mol. The van der Waals surface area contributed by atoms with Gasteiger partial charge in [0.05, 0.1) is 33.0 Å². The molecule has 0 aliphatic carbocycles. The highest BCUT2D eigenvalue weighted by Gasteiger charge is 2.58. The SMILES string of the molecule is CC(=O)N[C@H]1[C@H](O[C@H]2[C@H](O)[C@@H](O)[C@H](O[C@H]3[C@@H](O)[C@@H](COS(=O)(=O)O)O[C@@H](O[C@H]4[C@@H](O)[C@@H](COS(=O)(=O)O)O[C@@H](O[C@H](CO)[C@H](O)[C@@H](O)CO)[C@@H]4O)[C@@H]3O)O[C@@H]2C(=O)O)O[C@H](CO)[C@H](O)[C@@H]1O[C@@H]1OC(C(=O)O)=C(O)[C@H](O)[C@H]1O. The van der Waals surface area contributed by atoms with Crippen molar-refractivity contribution in [1.29, 1.82) is 0 Å². The Bertz CT molecular complexity index is 2280. The van der Waals surface area contributed by atoms with E-state index in [9.17, 15) is 127 Å². The van der Waals surface area contributed by atoms with Gasteiger partial charge in [-0.1, -0.05) is 0 Å². The predicted octanol–water partition coefficient (Wildman–Crippen LogP) is -12.8. The lowest BCUT2D eigenvalue weighted by atomic mass is 9.94. The summed E-state index contributed by atoms with van der Waals surface area (Å²) in [6, 6.07) is -2.00. The fraction of sp³-hybridized carbons (Fsp3) is 0.865. The zero-order valence-electron chi connectivity index (χ0n) is 39.6. The van der Waals surface area contributed by atoms with Crippen LogP contribution in [-0.4, -0.2) is 323 Å². The van der Waals surface area contributed by atoms with Gasteiger partial charge in [0.15, 0.2) is 37.0 Å². The number of aliphatic hydroxyl groups excluding tert-OH is 15. The number of carboxylic acid groups (broad SMARTS) is 2. The first kappa shape index (κ1) is 65.4. The molecule has 41 heteroatoms. The molecule has 26 atom stereocenters. The van der Waals surface area contributed by atoms with Crippen molar-refractivity contribution in [2.24, 2.45) is 0 Å². The van der Waals surface area contributed by atoms with E-state index in [0.717, 1.165) is 6.92 Å². The number of rotatable bonds is 24. The van der Waals surface area contributed by atoms with E-state index < -0.39 is 243 Å². The fourth-order valence-corrected chi connectivity index (χ4v) is 8.92. The quantitative estimate of drug-likeness (QED) is 0.0399. The number of carbonyl (C=O) groups excluding carboxylic acids is 1. The minimum Gasteiger partial charge on any atom is -0.506 e. The van der Waals surface area contributed by atoms with Gasteiger partial charge in [0.25, 0.3) is 0 Å². The average molecular weight is 1190 g/mol. The van der Waals surface area contributed by atoms with Gasteiger partial charge >= 0.3 is 32.7 Å². The summed E-state index contributed by atoms with van der Waals surface area (Å²) in [6.45, 7) is -5.45. The van der Waals surface area contributed by atoms with Crippen molar-refractivity contribution in [3.63, 3.8) is 0 Å². The molecule has 39 nitrogen and oxygen atoms in total.